The van der Waals surface area contributed by atoms with Crippen molar-refractivity contribution in [2.75, 3.05) is 38.6 Å². The molecule has 1 aromatic carbocycles. The lowest BCUT2D eigenvalue weighted by atomic mass is 9.84. The van der Waals surface area contributed by atoms with Gasteiger partial charge in [0.15, 0.2) is 5.60 Å². The average molecular weight is 459 g/mol. The Kier molecular flexibility index (Phi) is 7.73. The van der Waals surface area contributed by atoms with E-state index in [1.165, 1.54) is 31.0 Å². The number of fused-ring (bicyclic) bond motifs is 1. The Balaban J connectivity index is 2.04. The molecule has 3 rings (SSSR count). The summed E-state index contributed by atoms with van der Waals surface area (Å²) in [7, 11) is 3.01. The van der Waals surface area contributed by atoms with Gasteiger partial charge in [-0.15, -0.1) is 11.6 Å². The van der Waals surface area contributed by atoms with E-state index in [-0.39, 0.29) is 31.2 Å². The topological polar surface area (TPSA) is 119 Å². The molecule has 2 N–H and O–H groups in total. The predicted molar refractivity (Wildman–Crippen MR) is 118 cm³/mol. The third-order valence-corrected chi connectivity index (χ3v) is 5.14. The summed E-state index contributed by atoms with van der Waals surface area (Å²) in [5.74, 6) is 6.40. The van der Waals surface area contributed by atoms with E-state index in [0.29, 0.717) is 22.7 Å². The number of aromatic nitrogens is 2. The maximum absolute atomic E-state index is 12.1. The van der Waals surface area contributed by atoms with Crippen molar-refractivity contribution in [1.82, 2.24) is 9.78 Å². The monoisotopic (exact) mass is 458 g/mol. The van der Waals surface area contributed by atoms with E-state index in [2.05, 4.69) is 28.3 Å². The zero-order valence-electron chi connectivity index (χ0n) is 17.7. The van der Waals surface area contributed by atoms with E-state index in [1.54, 1.807) is 18.2 Å². The lowest BCUT2D eigenvalue weighted by molar-refractivity contribution is -0.142. The molecule has 2 aromatic rings. The van der Waals surface area contributed by atoms with Crippen molar-refractivity contribution >= 4 is 17.4 Å². The Hall–Kier alpha value is -3.08. The molecule has 10 heteroatoms. The minimum absolute atomic E-state index is 0.0561. The fourth-order valence-electron chi connectivity index (χ4n) is 3.60. The summed E-state index contributed by atoms with van der Waals surface area (Å²) in [4.78, 5) is 12.1. The molecule has 0 unspecified atom stereocenters. The molecular weight excluding hydrogens is 436 g/mol. The zero-order valence-corrected chi connectivity index (χ0v) is 18.4. The predicted octanol–water partition coefficient (Wildman–Crippen LogP) is 1.30. The fraction of sp³-hybridized carbons (Fsp3) is 0.409. The third kappa shape index (κ3) is 4.87. The minimum Gasteiger partial charge on any atom is -0.479 e. The Morgan fingerprint density at radius 2 is 2.03 bits per heavy atom. The highest BCUT2D eigenvalue weighted by Gasteiger charge is 2.50. The van der Waals surface area contributed by atoms with Gasteiger partial charge in [-0.05, 0) is 24.3 Å². The summed E-state index contributed by atoms with van der Waals surface area (Å²) >= 11 is 5.56. The SMILES string of the molecule is COCC1(COC)Oc2ccc(C#N)cc2[C@@H](Nc2ccc(=O)n(CC#CCCl)n2)[C@@H]1O. The normalized spacial score (nSPS) is 18.5. The Morgan fingerprint density at radius 3 is 2.69 bits per heavy atom. The van der Waals surface area contributed by atoms with E-state index in [1.807, 2.05) is 0 Å². The van der Waals surface area contributed by atoms with Gasteiger partial charge in [-0.25, -0.2) is 4.68 Å². The highest BCUT2D eigenvalue weighted by Crippen LogP contribution is 2.42. The lowest BCUT2D eigenvalue weighted by Gasteiger charge is -2.45. The molecule has 0 radical (unpaired) electrons. The van der Waals surface area contributed by atoms with Crippen LogP contribution in [0.5, 0.6) is 5.75 Å². The molecule has 9 nitrogen and oxygen atoms in total. The van der Waals surface area contributed by atoms with Crippen molar-refractivity contribution in [1.29, 1.82) is 5.26 Å². The summed E-state index contributed by atoms with van der Waals surface area (Å²) in [6.45, 7) is 0.186. The van der Waals surface area contributed by atoms with Gasteiger partial charge >= 0.3 is 0 Å². The van der Waals surface area contributed by atoms with E-state index in [9.17, 15) is 15.2 Å². The van der Waals surface area contributed by atoms with Gasteiger partial charge in [0.2, 0.25) is 0 Å². The molecule has 1 aliphatic heterocycles. The molecule has 0 fully saturated rings. The van der Waals surface area contributed by atoms with Gasteiger partial charge in [-0.3, -0.25) is 4.79 Å². The summed E-state index contributed by atoms with van der Waals surface area (Å²) < 4.78 is 18.0. The molecule has 168 valence electrons. The van der Waals surface area contributed by atoms with Crippen LogP contribution in [0, 0.1) is 23.2 Å². The second-order valence-electron chi connectivity index (χ2n) is 7.17. The van der Waals surface area contributed by atoms with Gasteiger partial charge < -0.3 is 24.6 Å². The van der Waals surface area contributed by atoms with Gasteiger partial charge in [0, 0.05) is 25.8 Å². The van der Waals surface area contributed by atoms with Crippen molar-refractivity contribution in [2.45, 2.75) is 24.3 Å². The number of benzene rings is 1. The molecule has 1 aliphatic rings. The first kappa shape index (κ1) is 23.6. The first-order valence-corrected chi connectivity index (χ1v) is 10.3. The van der Waals surface area contributed by atoms with Crippen LogP contribution >= 0.6 is 11.6 Å². The Labute approximate surface area is 190 Å². The molecular formula is C22H23ClN4O5. The molecule has 0 bridgehead atoms. The molecule has 1 aromatic heterocycles. The zero-order chi connectivity index (χ0) is 23.1. The standard InChI is InChI=1S/C22H23ClN4O5/c1-30-13-22(14-31-2)21(29)20(16-11-15(12-24)5-6-17(16)32-22)25-18-7-8-19(28)27(26-18)10-4-3-9-23/h5-8,11,20-21,29H,9-10,13-14H2,1-2H3,(H,25,26)/t20-,21+/m1/s1. The molecule has 2 heterocycles. The molecule has 0 spiro atoms. The van der Waals surface area contributed by atoms with Crippen LogP contribution in [0.3, 0.4) is 0 Å². The van der Waals surface area contributed by atoms with Crippen molar-refractivity contribution in [3.8, 4) is 23.7 Å². The van der Waals surface area contributed by atoms with Crippen LogP contribution in [0.15, 0.2) is 35.1 Å². The number of alkyl halides is 1. The summed E-state index contributed by atoms with van der Waals surface area (Å²) in [6.07, 6.45) is -1.14. The van der Waals surface area contributed by atoms with Crippen molar-refractivity contribution < 1.29 is 19.3 Å². The molecule has 32 heavy (non-hydrogen) atoms. The number of nitriles is 1. The third-order valence-electron chi connectivity index (χ3n) is 5.01. The fourth-order valence-corrected chi connectivity index (χ4v) is 3.69. The first-order valence-electron chi connectivity index (χ1n) is 9.73. The summed E-state index contributed by atoms with van der Waals surface area (Å²) in [5.41, 5.74) is -0.553. The number of halogens is 1. The van der Waals surface area contributed by atoms with Crippen molar-refractivity contribution in [2.24, 2.45) is 0 Å². The maximum atomic E-state index is 12.1. The molecule has 0 aliphatic carbocycles. The van der Waals surface area contributed by atoms with Gasteiger partial charge in [0.1, 0.15) is 24.2 Å². The number of methoxy groups -OCH3 is 2. The molecule has 0 amide bonds. The number of ether oxygens (including phenoxy) is 3. The van der Waals surface area contributed by atoms with E-state index < -0.39 is 17.7 Å². The second kappa shape index (κ2) is 10.5. The smallest absolute Gasteiger partial charge is 0.267 e. The number of hydrogen-bond donors (Lipinski definition) is 2. The number of aliphatic hydroxyl groups is 1. The van der Waals surface area contributed by atoms with E-state index in [0.717, 1.165) is 0 Å². The second-order valence-corrected chi connectivity index (χ2v) is 7.43. The maximum Gasteiger partial charge on any atom is 0.267 e. The number of nitrogens with zero attached hydrogens (tertiary/aromatic N) is 3. The van der Waals surface area contributed by atoms with Gasteiger partial charge in [0.25, 0.3) is 5.56 Å². The highest BCUT2D eigenvalue weighted by atomic mass is 35.5. The number of hydrogen-bond acceptors (Lipinski definition) is 8. The molecule has 0 saturated carbocycles. The summed E-state index contributed by atoms with van der Waals surface area (Å²) in [6, 6.07) is 9.17. The number of aliphatic hydroxyl groups excluding tert-OH is 1. The minimum atomic E-state index is -1.21. The lowest BCUT2D eigenvalue weighted by Crippen LogP contribution is -2.60. The van der Waals surface area contributed by atoms with Gasteiger partial charge in [0.05, 0.1) is 36.8 Å². The van der Waals surface area contributed by atoms with Crippen LogP contribution in [0.1, 0.15) is 17.2 Å². The van der Waals surface area contributed by atoms with Crippen molar-refractivity contribution in [3.63, 3.8) is 0 Å². The van der Waals surface area contributed by atoms with E-state index >= 15 is 0 Å². The van der Waals surface area contributed by atoms with Gasteiger partial charge in [-0.1, -0.05) is 11.8 Å². The van der Waals surface area contributed by atoms with Crippen LogP contribution in [0.25, 0.3) is 0 Å². The Morgan fingerprint density at radius 1 is 1.28 bits per heavy atom. The largest absolute Gasteiger partial charge is 0.479 e. The number of anilines is 1. The van der Waals surface area contributed by atoms with Crippen molar-refractivity contribution in [3.05, 3.63) is 51.8 Å². The van der Waals surface area contributed by atoms with E-state index in [4.69, 9.17) is 25.8 Å². The van der Waals surface area contributed by atoms with Crippen LogP contribution < -0.4 is 15.6 Å². The molecule has 0 saturated heterocycles. The molecule has 2 atom stereocenters. The quantitative estimate of drug-likeness (QED) is 0.470. The van der Waals surface area contributed by atoms with Crippen LogP contribution in [0.2, 0.25) is 0 Å². The van der Waals surface area contributed by atoms with Crippen LogP contribution in [-0.4, -0.2) is 59.9 Å². The van der Waals surface area contributed by atoms with Crippen LogP contribution in [0.4, 0.5) is 5.82 Å². The Bertz CT molecular complexity index is 1110. The highest BCUT2D eigenvalue weighted by molar-refractivity contribution is 6.19. The summed E-state index contributed by atoms with van der Waals surface area (Å²) in [5, 5.41) is 28.2. The number of rotatable bonds is 7. The van der Waals surface area contributed by atoms with Crippen LogP contribution in [-0.2, 0) is 16.0 Å². The van der Waals surface area contributed by atoms with Gasteiger partial charge in [-0.2, -0.15) is 10.4 Å². The first-order chi connectivity index (χ1) is 15.5. The number of nitrogens with one attached hydrogen (secondary N) is 1. The average Bonchev–Trinajstić information content (AvgIpc) is 2.79.